The fourth-order valence-electron chi connectivity index (χ4n) is 5.19. The Morgan fingerprint density at radius 2 is 1.72 bits per heavy atom. The zero-order chi connectivity index (χ0) is 22.4. The highest BCUT2D eigenvalue weighted by molar-refractivity contribution is 6.00. The van der Waals surface area contributed by atoms with E-state index in [9.17, 15) is 14.0 Å². The maximum atomic E-state index is 14.2. The second-order valence-electron chi connectivity index (χ2n) is 9.06. The van der Waals surface area contributed by atoms with Gasteiger partial charge in [0, 0.05) is 32.2 Å². The first-order valence-corrected chi connectivity index (χ1v) is 11.1. The number of halogens is 1. The number of imide groups is 1. The van der Waals surface area contributed by atoms with Crippen LogP contribution in [-0.4, -0.2) is 70.2 Å². The molecule has 32 heavy (non-hydrogen) atoms. The van der Waals surface area contributed by atoms with Gasteiger partial charge in [-0.1, -0.05) is 55.5 Å². The number of carbonyl (C=O) groups is 2. The van der Waals surface area contributed by atoms with Crippen LogP contribution in [0.3, 0.4) is 0 Å². The Hall–Kier alpha value is -2.81. The Morgan fingerprint density at radius 1 is 1.00 bits per heavy atom. The minimum absolute atomic E-state index is 0.0698. The standard InChI is InChI=1S/C24H28FN5O2/c1-16-12-28(14-17-8-4-3-5-9-17)23-26-21-20(29(23)13-16)22(31)30(24(32)27(21)2)15-18-10-6-7-11-19(18)25/h3-11,16,20-21,23,26H,12-15H2,1-2H3. The lowest BCUT2D eigenvalue weighted by molar-refractivity contribution is -0.141. The predicted octanol–water partition coefficient (Wildman–Crippen LogP) is 2.26. The van der Waals surface area contributed by atoms with E-state index < -0.39 is 24.1 Å². The maximum absolute atomic E-state index is 14.2. The molecule has 3 fully saturated rings. The molecule has 8 heteroatoms. The van der Waals surface area contributed by atoms with E-state index in [-0.39, 0.29) is 18.7 Å². The van der Waals surface area contributed by atoms with Gasteiger partial charge in [0.25, 0.3) is 5.91 Å². The third-order valence-electron chi connectivity index (χ3n) is 6.69. The first kappa shape index (κ1) is 21.1. The molecule has 3 aliphatic rings. The third-order valence-corrected chi connectivity index (χ3v) is 6.69. The number of likely N-dealkylation sites (N-methyl/N-ethyl adjacent to an activating group) is 1. The first-order valence-electron chi connectivity index (χ1n) is 11.1. The van der Waals surface area contributed by atoms with Crippen LogP contribution >= 0.6 is 0 Å². The number of urea groups is 1. The number of nitrogens with one attached hydrogen (secondary N) is 1. The summed E-state index contributed by atoms with van der Waals surface area (Å²) in [6.45, 7) is 4.52. The second kappa shape index (κ2) is 8.27. The summed E-state index contributed by atoms with van der Waals surface area (Å²) in [5.74, 6) is -0.322. The van der Waals surface area contributed by atoms with Crippen molar-refractivity contribution in [3.63, 3.8) is 0 Å². The Balaban J connectivity index is 1.42. The molecule has 4 atom stereocenters. The molecule has 0 bridgehead atoms. The molecule has 0 aromatic heterocycles. The summed E-state index contributed by atoms with van der Waals surface area (Å²) in [6.07, 6.45) is -0.561. The van der Waals surface area contributed by atoms with Gasteiger partial charge in [0.2, 0.25) is 0 Å². The molecule has 3 saturated heterocycles. The van der Waals surface area contributed by atoms with Gasteiger partial charge in [-0.15, -0.1) is 0 Å². The van der Waals surface area contributed by atoms with Crippen molar-refractivity contribution in [2.24, 2.45) is 5.92 Å². The quantitative estimate of drug-likeness (QED) is 0.795. The van der Waals surface area contributed by atoms with Crippen LogP contribution in [0.4, 0.5) is 9.18 Å². The number of amides is 3. The summed E-state index contributed by atoms with van der Waals surface area (Å²) in [5.41, 5.74) is 1.54. The number of hydrogen-bond donors (Lipinski definition) is 1. The molecule has 3 heterocycles. The molecule has 2 aromatic carbocycles. The number of benzene rings is 2. The van der Waals surface area contributed by atoms with E-state index in [1.165, 1.54) is 16.5 Å². The van der Waals surface area contributed by atoms with Gasteiger partial charge in [-0.2, -0.15) is 0 Å². The van der Waals surface area contributed by atoms with Crippen LogP contribution < -0.4 is 5.32 Å². The average Bonchev–Trinajstić information content (AvgIpc) is 3.17. The van der Waals surface area contributed by atoms with Crippen LogP contribution in [0, 0.1) is 11.7 Å². The zero-order valence-electron chi connectivity index (χ0n) is 18.3. The Morgan fingerprint density at radius 3 is 2.47 bits per heavy atom. The second-order valence-corrected chi connectivity index (χ2v) is 9.06. The molecular formula is C24H28FN5O2. The van der Waals surface area contributed by atoms with Crippen molar-refractivity contribution in [3.05, 3.63) is 71.5 Å². The fraction of sp³-hybridized carbons (Fsp3) is 0.417. The van der Waals surface area contributed by atoms with Crippen molar-refractivity contribution in [1.82, 2.24) is 24.9 Å². The van der Waals surface area contributed by atoms with Crippen LogP contribution in [-0.2, 0) is 17.9 Å². The maximum Gasteiger partial charge on any atom is 0.328 e. The van der Waals surface area contributed by atoms with Crippen molar-refractivity contribution in [3.8, 4) is 0 Å². The number of rotatable bonds is 4. The van der Waals surface area contributed by atoms with Crippen LogP contribution in [0.2, 0.25) is 0 Å². The van der Waals surface area contributed by atoms with E-state index >= 15 is 0 Å². The zero-order valence-corrected chi connectivity index (χ0v) is 18.3. The first-order chi connectivity index (χ1) is 15.4. The normalized spacial score (nSPS) is 28.7. The minimum atomic E-state index is -0.504. The van der Waals surface area contributed by atoms with Gasteiger partial charge in [0.05, 0.1) is 6.54 Å². The molecule has 3 amide bonds. The van der Waals surface area contributed by atoms with E-state index in [4.69, 9.17) is 0 Å². The summed E-state index contributed by atoms with van der Waals surface area (Å²) in [7, 11) is 1.71. The van der Waals surface area contributed by atoms with Crippen molar-refractivity contribution < 1.29 is 14.0 Å². The van der Waals surface area contributed by atoms with E-state index in [1.807, 2.05) is 18.2 Å². The van der Waals surface area contributed by atoms with Crippen molar-refractivity contribution in [1.29, 1.82) is 0 Å². The van der Waals surface area contributed by atoms with Crippen LogP contribution in [0.5, 0.6) is 0 Å². The molecule has 3 aliphatic heterocycles. The summed E-state index contributed by atoms with van der Waals surface area (Å²) < 4.78 is 14.2. The van der Waals surface area contributed by atoms with Gasteiger partial charge in [0.1, 0.15) is 24.3 Å². The van der Waals surface area contributed by atoms with E-state index in [0.717, 1.165) is 19.6 Å². The van der Waals surface area contributed by atoms with Gasteiger partial charge in [0.15, 0.2) is 0 Å². The van der Waals surface area contributed by atoms with Gasteiger partial charge in [-0.3, -0.25) is 24.8 Å². The van der Waals surface area contributed by atoms with Crippen molar-refractivity contribution >= 4 is 11.9 Å². The molecule has 0 aliphatic carbocycles. The smallest absolute Gasteiger partial charge is 0.310 e. The van der Waals surface area contributed by atoms with Crippen LogP contribution in [0.1, 0.15) is 18.1 Å². The van der Waals surface area contributed by atoms with Gasteiger partial charge in [-0.05, 0) is 17.5 Å². The van der Waals surface area contributed by atoms with E-state index in [2.05, 4.69) is 34.2 Å². The Bertz CT molecular complexity index is 1020. The summed E-state index contributed by atoms with van der Waals surface area (Å²) in [6, 6.07) is 15.6. The predicted molar refractivity (Wildman–Crippen MR) is 117 cm³/mol. The summed E-state index contributed by atoms with van der Waals surface area (Å²) in [4.78, 5) is 33.9. The minimum Gasteiger partial charge on any atom is -0.310 e. The SMILES string of the molecule is CC1CN(Cc2ccccc2)C2NC3C(C(=O)N(Cc4ccccc4F)C(=O)N3C)N2C1. The number of carbonyl (C=O) groups excluding carboxylic acids is 2. The van der Waals surface area contributed by atoms with Gasteiger partial charge in [-0.25, -0.2) is 9.18 Å². The molecule has 7 nitrogen and oxygen atoms in total. The highest BCUT2D eigenvalue weighted by atomic mass is 19.1. The topological polar surface area (TPSA) is 59.1 Å². The molecule has 0 radical (unpaired) electrons. The van der Waals surface area contributed by atoms with Crippen LogP contribution in [0.25, 0.3) is 0 Å². The van der Waals surface area contributed by atoms with E-state index in [0.29, 0.717) is 11.5 Å². The van der Waals surface area contributed by atoms with Gasteiger partial charge < -0.3 is 4.90 Å². The number of hydrogen-bond acceptors (Lipinski definition) is 5. The molecule has 168 valence electrons. The molecule has 4 unspecified atom stereocenters. The molecule has 5 rings (SSSR count). The summed E-state index contributed by atoms with van der Waals surface area (Å²) >= 11 is 0. The summed E-state index contributed by atoms with van der Waals surface area (Å²) in [5, 5.41) is 3.53. The Labute approximate surface area is 187 Å². The third kappa shape index (κ3) is 3.58. The number of nitrogens with zero attached hydrogens (tertiary/aromatic N) is 4. The fourth-order valence-corrected chi connectivity index (χ4v) is 5.19. The Kier molecular flexibility index (Phi) is 5.44. The van der Waals surface area contributed by atoms with Crippen molar-refractivity contribution in [2.75, 3.05) is 20.1 Å². The molecule has 2 aromatic rings. The monoisotopic (exact) mass is 437 g/mol. The molecule has 0 saturated carbocycles. The van der Waals surface area contributed by atoms with E-state index in [1.54, 1.807) is 30.1 Å². The lowest BCUT2D eigenvalue weighted by Crippen LogP contribution is -2.66. The van der Waals surface area contributed by atoms with Crippen molar-refractivity contribution in [2.45, 2.75) is 38.5 Å². The molecule has 0 spiro atoms. The van der Waals surface area contributed by atoms with Crippen LogP contribution in [0.15, 0.2) is 54.6 Å². The lowest BCUT2D eigenvalue weighted by atomic mass is 10.0. The molecule has 1 N–H and O–H groups in total. The largest absolute Gasteiger partial charge is 0.328 e. The highest BCUT2D eigenvalue weighted by Gasteiger charge is 2.56. The number of fused-ring (bicyclic) bond motifs is 3. The van der Waals surface area contributed by atoms with Gasteiger partial charge >= 0.3 is 6.03 Å². The average molecular weight is 438 g/mol. The highest BCUT2D eigenvalue weighted by Crippen LogP contribution is 2.33. The lowest BCUT2D eigenvalue weighted by Gasteiger charge is -2.45. The molecular weight excluding hydrogens is 409 g/mol.